The van der Waals surface area contributed by atoms with Gasteiger partial charge in [-0.25, -0.2) is 0 Å². The lowest BCUT2D eigenvalue weighted by Gasteiger charge is -2.29. The molecule has 63 heavy (non-hydrogen) atoms. The van der Waals surface area contributed by atoms with Crippen molar-refractivity contribution in [2.75, 3.05) is 4.90 Å². The summed E-state index contributed by atoms with van der Waals surface area (Å²) < 4.78 is 0. The van der Waals surface area contributed by atoms with E-state index in [9.17, 15) is 0 Å². The van der Waals surface area contributed by atoms with E-state index in [1.807, 2.05) is 0 Å². The molecule has 0 atom stereocenters. The Hall–Kier alpha value is -7.48. The molecule has 0 amide bonds. The van der Waals surface area contributed by atoms with Crippen molar-refractivity contribution in [2.45, 2.75) is 38.5 Å². The zero-order valence-electron chi connectivity index (χ0n) is 36.2. The van der Waals surface area contributed by atoms with E-state index in [0.717, 1.165) is 17.1 Å². The molecule has 0 heterocycles. The standard InChI is InChI=1S/C62H47N/c1-61(2)56-21-10-7-17-52(56)54-37-31-45(39-58(54)61)50-16-9-12-23-59(50)63(46-32-26-40(27-33-46)43-30-36-49-44(38-43)25-24-41-14-5-6-15-48(41)49)47-34-28-42(29-35-47)51-19-13-20-55-53-18-8-11-22-57(53)62(3,4)60(51)55/h5-39H,1-4H3. The van der Waals surface area contributed by atoms with Gasteiger partial charge in [-0.1, -0.05) is 198 Å². The summed E-state index contributed by atoms with van der Waals surface area (Å²) in [4.78, 5) is 2.44. The van der Waals surface area contributed by atoms with Crippen LogP contribution < -0.4 is 4.90 Å². The lowest BCUT2D eigenvalue weighted by Crippen LogP contribution is -2.16. The van der Waals surface area contributed by atoms with Crippen LogP contribution in [-0.4, -0.2) is 0 Å². The first-order valence-electron chi connectivity index (χ1n) is 22.3. The van der Waals surface area contributed by atoms with Gasteiger partial charge in [0, 0.05) is 27.8 Å². The van der Waals surface area contributed by atoms with Gasteiger partial charge < -0.3 is 4.90 Å². The third kappa shape index (κ3) is 5.76. The highest BCUT2D eigenvalue weighted by Crippen LogP contribution is 2.53. The lowest BCUT2D eigenvalue weighted by atomic mass is 9.79. The van der Waals surface area contributed by atoms with E-state index in [2.05, 4.69) is 245 Å². The Morgan fingerprint density at radius 1 is 0.302 bits per heavy atom. The molecule has 1 heteroatoms. The monoisotopic (exact) mass is 805 g/mol. The predicted octanol–water partition coefficient (Wildman–Crippen LogP) is 17.1. The number of hydrogen-bond acceptors (Lipinski definition) is 1. The first kappa shape index (κ1) is 37.3. The minimum atomic E-state index is -0.0987. The molecule has 12 rings (SSSR count). The van der Waals surface area contributed by atoms with Crippen LogP contribution in [0.25, 0.3) is 77.2 Å². The molecule has 1 nitrogen and oxygen atoms in total. The molecule has 10 aromatic rings. The molecule has 0 unspecified atom stereocenters. The largest absolute Gasteiger partial charge is 0.310 e. The van der Waals surface area contributed by atoms with E-state index < -0.39 is 0 Å². The average molecular weight is 806 g/mol. The molecule has 0 spiro atoms. The average Bonchev–Trinajstić information content (AvgIpc) is 3.71. The van der Waals surface area contributed by atoms with E-state index in [0.29, 0.717) is 0 Å². The minimum Gasteiger partial charge on any atom is -0.310 e. The third-order valence-corrected chi connectivity index (χ3v) is 14.3. The zero-order valence-corrected chi connectivity index (χ0v) is 36.2. The summed E-state index contributed by atoms with van der Waals surface area (Å²) in [6, 6.07) is 79.1. The molecule has 0 saturated carbocycles. The molecule has 0 saturated heterocycles. The van der Waals surface area contributed by atoms with Crippen molar-refractivity contribution in [1.82, 2.24) is 0 Å². The maximum absolute atomic E-state index is 2.44. The molecule has 0 radical (unpaired) electrons. The van der Waals surface area contributed by atoms with Crippen LogP contribution in [0, 0.1) is 0 Å². The van der Waals surface area contributed by atoms with E-state index >= 15 is 0 Å². The van der Waals surface area contributed by atoms with Crippen molar-refractivity contribution in [3.8, 4) is 55.6 Å². The van der Waals surface area contributed by atoms with Crippen molar-refractivity contribution >= 4 is 38.6 Å². The first-order valence-corrected chi connectivity index (χ1v) is 22.3. The number of fused-ring (bicyclic) bond motifs is 9. The smallest absolute Gasteiger partial charge is 0.0540 e. The Morgan fingerprint density at radius 2 is 0.825 bits per heavy atom. The molecule has 10 aromatic carbocycles. The Kier molecular flexibility index (Phi) is 8.30. The molecule has 0 bridgehead atoms. The number of para-hydroxylation sites is 1. The second-order valence-electron chi connectivity index (χ2n) is 18.5. The second-order valence-corrected chi connectivity index (χ2v) is 18.5. The lowest BCUT2D eigenvalue weighted by molar-refractivity contribution is 0.660. The summed E-state index contributed by atoms with van der Waals surface area (Å²) in [5.74, 6) is 0. The molecular formula is C62H47N. The summed E-state index contributed by atoms with van der Waals surface area (Å²) in [7, 11) is 0. The zero-order chi connectivity index (χ0) is 42.5. The van der Waals surface area contributed by atoms with Gasteiger partial charge in [0.1, 0.15) is 0 Å². The normalized spacial score (nSPS) is 14.0. The van der Waals surface area contributed by atoms with Gasteiger partial charge in [0.25, 0.3) is 0 Å². The SMILES string of the molecule is CC1(C)c2ccccc2-c2ccc(-c3ccccc3N(c3ccc(-c4ccc5c(ccc6ccccc65)c4)cc3)c3ccc(-c4cccc5c4C(C)(C)c4ccccc4-5)cc3)cc21. The first-order chi connectivity index (χ1) is 30.8. The Labute approximate surface area is 370 Å². The molecule has 2 aliphatic carbocycles. The molecule has 0 N–H and O–H groups in total. The van der Waals surface area contributed by atoms with Crippen LogP contribution in [0.1, 0.15) is 49.9 Å². The van der Waals surface area contributed by atoms with Crippen molar-refractivity contribution in [1.29, 1.82) is 0 Å². The van der Waals surface area contributed by atoms with Gasteiger partial charge in [0.05, 0.1) is 5.69 Å². The molecular weight excluding hydrogens is 759 g/mol. The molecule has 0 aliphatic heterocycles. The number of anilines is 3. The maximum Gasteiger partial charge on any atom is 0.0540 e. The van der Waals surface area contributed by atoms with Gasteiger partial charge in [0.2, 0.25) is 0 Å². The molecule has 0 fully saturated rings. The van der Waals surface area contributed by atoms with E-state index in [-0.39, 0.29) is 10.8 Å². The van der Waals surface area contributed by atoms with Crippen LogP contribution in [0.3, 0.4) is 0 Å². The van der Waals surface area contributed by atoms with Gasteiger partial charge >= 0.3 is 0 Å². The van der Waals surface area contributed by atoms with Gasteiger partial charge in [-0.05, 0) is 136 Å². The fraction of sp³-hybridized carbons (Fsp3) is 0.0968. The van der Waals surface area contributed by atoms with Crippen LogP contribution in [0.5, 0.6) is 0 Å². The highest BCUT2D eigenvalue weighted by molar-refractivity contribution is 6.08. The van der Waals surface area contributed by atoms with Crippen molar-refractivity contribution in [3.63, 3.8) is 0 Å². The van der Waals surface area contributed by atoms with E-state index in [4.69, 9.17) is 0 Å². The van der Waals surface area contributed by atoms with Gasteiger partial charge in [-0.2, -0.15) is 0 Å². The Bertz CT molecular complexity index is 3440. The van der Waals surface area contributed by atoms with E-state index in [1.165, 1.54) is 99.4 Å². The van der Waals surface area contributed by atoms with Gasteiger partial charge in [-0.15, -0.1) is 0 Å². The number of nitrogens with zero attached hydrogens (tertiary/aromatic N) is 1. The molecule has 0 aromatic heterocycles. The summed E-state index contributed by atoms with van der Waals surface area (Å²) in [5.41, 5.74) is 21.4. The van der Waals surface area contributed by atoms with Crippen LogP contribution in [0.4, 0.5) is 17.1 Å². The number of rotatable bonds is 6. The highest BCUT2D eigenvalue weighted by atomic mass is 15.1. The fourth-order valence-corrected chi connectivity index (χ4v) is 11.1. The van der Waals surface area contributed by atoms with Crippen LogP contribution in [-0.2, 0) is 10.8 Å². The maximum atomic E-state index is 2.44. The Balaban J connectivity index is 0.976. The van der Waals surface area contributed by atoms with Crippen molar-refractivity contribution in [2.24, 2.45) is 0 Å². The van der Waals surface area contributed by atoms with Crippen LogP contribution in [0.2, 0.25) is 0 Å². The second kappa shape index (κ2) is 14.0. The summed E-state index contributed by atoms with van der Waals surface area (Å²) in [6.45, 7) is 9.47. The molecule has 300 valence electrons. The van der Waals surface area contributed by atoms with Crippen LogP contribution >= 0.6 is 0 Å². The quantitative estimate of drug-likeness (QED) is 0.151. The highest BCUT2D eigenvalue weighted by Gasteiger charge is 2.38. The van der Waals surface area contributed by atoms with Crippen molar-refractivity contribution < 1.29 is 0 Å². The minimum absolute atomic E-state index is 0.0916. The number of benzene rings is 10. The predicted molar refractivity (Wildman–Crippen MR) is 268 cm³/mol. The van der Waals surface area contributed by atoms with Crippen molar-refractivity contribution in [3.05, 3.63) is 235 Å². The van der Waals surface area contributed by atoms with Gasteiger partial charge in [-0.3, -0.25) is 0 Å². The number of hydrogen-bond donors (Lipinski definition) is 0. The summed E-state index contributed by atoms with van der Waals surface area (Å²) in [5, 5.41) is 5.10. The molecule has 2 aliphatic rings. The summed E-state index contributed by atoms with van der Waals surface area (Å²) in [6.07, 6.45) is 0. The summed E-state index contributed by atoms with van der Waals surface area (Å²) >= 11 is 0. The van der Waals surface area contributed by atoms with Gasteiger partial charge in [0.15, 0.2) is 0 Å². The Morgan fingerprint density at radius 3 is 1.59 bits per heavy atom. The third-order valence-electron chi connectivity index (χ3n) is 14.3. The fourth-order valence-electron chi connectivity index (χ4n) is 11.1. The topological polar surface area (TPSA) is 3.24 Å². The van der Waals surface area contributed by atoms with Crippen LogP contribution in [0.15, 0.2) is 212 Å². The van der Waals surface area contributed by atoms with E-state index in [1.54, 1.807) is 0 Å².